The lowest BCUT2D eigenvalue weighted by molar-refractivity contribution is -0.147. The summed E-state index contributed by atoms with van der Waals surface area (Å²) in [4.78, 5) is 16.7. The lowest BCUT2D eigenvalue weighted by Crippen LogP contribution is -2.49. The second kappa shape index (κ2) is 7.76. The van der Waals surface area contributed by atoms with Gasteiger partial charge in [-0.2, -0.15) is 0 Å². The molecule has 0 radical (unpaired) electrons. The normalized spacial score (nSPS) is 16.5. The van der Waals surface area contributed by atoms with Gasteiger partial charge in [-0.3, -0.25) is 4.90 Å². The molecule has 1 heterocycles. The third-order valence-electron chi connectivity index (χ3n) is 4.52. The van der Waals surface area contributed by atoms with E-state index in [1.54, 1.807) is 18.2 Å². The largest absolute Gasteiger partial charge is 0.508 e. The quantitative estimate of drug-likeness (QED) is 0.849. The van der Waals surface area contributed by atoms with E-state index in [4.69, 9.17) is 16.3 Å². The molecule has 1 atom stereocenters. The van der Waals surface area contributed by atoms with E-state index in [1.807, 2.05) is 30.3 Å². The number of piperazine rings is 1. The molecule has 25 heavy (non-hydrogen) atoms. The zero-order valence-corrected chi connectivity index (χ0v) is 14.8. The van der Waals surface area contributed by atoms with Crippen LogP contribution in [0.3, 0.4) is 0 Å². The standard InChI is InChI=1S/C19H21ClN2O3/c1-25-19(24)18(16-4-2-3-5-17(16)20)22-12-10-21(11-13-22)14-6-8-15(23)9-7-14/h2-9,18,23H,10-13H2,1H3. The smallest absolute Gasteiger partial charge is 0.327 e. The van der Waals surface area contributed by atoms with Gasteiger partial charge in [-0.15, -0.1) is 0 Å². The molecule has 1 aliphatic rings. The van der Waals surface area contributed by atoms with Gasteiger partial charge in [-0.25, -0.2) is 4.79 Å². The number of nitrogens with zero attached hydrogens (tertiary/aromatic N) is 2. The van der Waals surface area contributed by atoms with Gasteiger partial charge in [0, 0.05) is 36.9 Å². The first-order valence-electron chi connectivity index (χ1n) is 8.20. The third-order valence-corrected chi connectivity index (χ3v) is 4.86. The molecule has 3 rings (SSSR count). The van der Waals surface area contributed by atoms with Gasteiger partial charge < -0.3 is 14.7 Å². The van der Waals surface area contributed by atoms with Crippen molar-refractivity contribution in [1.82, 2.24) is 4.90 Å². The minimum absolute atomic E-state index is 0.256. The molecule has 0 aromatic heterocycles. The number of ether oxygens (including phenoxy) is 1. The maximum Gasteiger partial charge on any atom is 0.327 e. The Morgan fingerprint density at radius 3 is 2.32 bits per heavy atom. The Hall–Kier alpha value is -2.24. The second-order valence-corrected chi connectivity index (χ2v) is 6.39. The summed E-state index contributed by atoms with van der Waals surface area (Å²) in [5.41, 5.74) is 1.83. The van der Waals surface area contributed by atoms with Gasteiger partial charge in [-0.05, 0) is 35.9 Å². The Morgan fingerprint density at radius 1 is 1.08 bits per heavy atom. The Balaban J connectivity index is 1.75. The highest BCUT2D eigenvalue weighted by Crippen LogP contribution is 2.30. The Morgan fingerprint density at radius 2 is 1.72 bits per heavy atom. The number of benzene rings is 2. The number of aromatic hydroxyl groups is 1. The van der Waals surface area contributed by atoms with Gasteiger partial charge in [0.1, 0.15) is 11.8 Å². The SMILES string of the molecule is COC(=O)C(c1ccccc1Cl)N1CCN(c2ccc(O)cc2)CC1. The van der Waals surface area contributed by atoms with Crippen LogP contribution in [-0.4, -0.2) is 49.3 Å². The molecular weight excluding hydrogens is 340 g/mol. The van der Waals surface area contributed by atoms with Crippen molar-refractivity contribution >= 4 is 23.3 Å². The van der Waals surface area contributed by atoms with E-state index in [0.717, 1.165) is 24.3 Å². The van der Waals surface area contributed by atoms with Gasteiger partial charge in [0.2, 0.25) is 0 Å². The number of hydrogen-bond donors (Lipinski definition) is 1. The van der Waals surface area contributed by atoms with Crippen LogP contribution in [0.5, 0.6) is 5.75 Å². The number of carbonyl (C=O) groups excluding carboxylic acids is 1. The van der Waals surface area contributed by atoms with E-state index < -0.39 is 6.04 Å². The van der Waals surface area contributed by atoms with Crippen LogP contribution < -0.4 is 4.90 Å². The number of halogens is 1. The van der Waals surface area contributed by atoms with Crippen LogP contribution in [0, 0.1) is 0 Å². The molecule has 1 N–H and O–H groups in total. The Bertz CT molecular complexity index is 728. The van der Waals surface area contributed by atoms with Gasteiger partial charge in [0.15, 0.2) is 0 Å². The van der Waals surface area contributed by atoms with E-state index >= 15 is 0 Å². The summed E-state index contributed by atoms with van der Waals surface area (Å²) in [6.07, 6.45) is 0. The maximum absolute atomic E-state index is 12.4. The van der Waals surface area contributed by atoms with Crippen molar-refractivity contribution in [3.8, 4) is 5.75 Å². The molecule has 2 aromatic rings. The number of methoxy groups -OCH3 is 1. The van der Waals surface area contributed by atoms with E-state index in [9.17, 15) is 9.90 Å². The lowest BCUT2D eigenvalue weighted by atomic mass is 10.0. The lowest BCUT2D eigenvalue weighted by Gasteiger charge is -2.39. The summed E-state index contributed by atoms with van der Waals surface area (Å²) in [5.74, 6) is -0.0435. The highest BCUT2D eigenvalue weighted by molar-refractivity contribution is 6.31. The van der Waals surface area contributed by atoms with Crippen molar-refractivity contribution in [3.05, 3.63) is 59.1 Å². The fraction of sp³-hybridized carbons (Fsp3) is 0.316. The zero-order chi connectivity index (χ0) is 17.8. The minimum Gasteiger partial charge on any atom is -0.508 e. The number of hydrogen-bond acceptors (Lipinski definition) is 5. The van der Waals surface area contributed by atoms with Crippen molar-refractivity contribution in [3.63, 3.8) is 0 Å². The van der Waals surface area contributed by atoms with Crippen molar-refractivity contribution in [2.24, 2.45) is 0 Å². The molecule has 1 aliphatic heterocycles. The fourth-order valence-corrected chi connectivity index (χ4v) is 3.42. The van der Waals surface area contributed by atoms with Crippen LogP contribution in [0.4, 0.5) is 5.69 Å². The van der Waals surface area contributed by atoms with Crippen LogP contribution >= 0.6 is 11.6 Å². The maximum atomic E-state index is 12.4. The number of phenols is 1. The second-order valence-electron chi connectivity index (χ2n) is 5.99. The van der Waals surface area contributed by atoms with E-state index in [1.165, 1.54) is 7.11 Å². The predicted octanol–water partition coefficient (Wildman–Crippen LogP) is 3.08. The van der Waals surface area contributed by atoms with E-state index in [0.29, 0.717) is 18.1 Å². The summed E-state index contributed by atoms with van der Waals surface area (Å²) < 4.78 is 5.02. The average Bonchev–Trinajstić information content (AvgIpc) is 2.64. The fourth-order valence-electron chi connectivity index (χ4n) is 3.18. The molecule has 0 aliphatic carbocycles. The first kappa shape index (κ1) is 17.6. The van der Waals surface area contributed by atoms with Crippen LogP contribution in [0.25, 0.3) is 0 Å². The van der Waals surface area contributed by atoms with Crippen molar-refractivity contribution in [2.45, 2.75) is 6.04 Å². The zero-order valence-electron chi connectivity index (χ0n) is 14.1. The first-order chi connectivity index (χ1) is 12.1. The number of phenolic OH excluding ortho intramolecular Hbond substituents is 1. The number of esters is 1. The van der Waals surface area contributed by atoms with E-state index in [2.05, 4.69) is 9.80 Å². The van der Waals surface area contributed by atoms with Crippen LogP contribution in [0.1, 0.15) is 11.6 Å². The molecule has 1 saturated heterocycles. The topological polar surface area (TPSA) is 53.0 Å². The van der Waals surface area contributed by atoms with Gasteiger partial charge in [-0.1, -0.05) is 29.8 Å². The van der Waals surface area contributed by atoms with Crippen LogP contribution in [0.15, 0.2) is 48.5 Å². The monoisotopic (exact) mass is 360 g/mol. The highest BCUT2D eigenvalue weighted by Gasteiger charge is 2.32. The van der Waals surface area contributed by atoms with Crippen molar-refractivity contribution in [1.29, 1.82) is 0 Å². The molecule has 0 spiro atoms. The molecule has 0 amide bonds. The van der Waals surface area contributed by atoms with Gasteiger partial charge in [0.05, 0.1) is 7.11 Å². The summed E-state index contributed by atoms with van der Waals surface area (Å²) in [6.45, 7) is 2.99. The summed E-state index contributed by atoms with van der Waals surface area (Å²) >= 11 is 6.31. The third kappa shape index (κ3) is 3.89. The first-order valence-corrected chi connectivity index (χ1v) is 8.58. The summed E-state index contributed by atoms with van der Waals surface area (Å²) in [5, 5.41) is 9.99. The van der Waals surface area contributed by atoms with E-state index in [-0.39, 0.29) is 11.7 Å². The van der Waals surface area contributed by atoms with Crippen LogP contribution in [0.2, 0.25) is 5.02 Å². The number of carbonyl (C=O) groups is 1. The summed E-state index contributed by atoms with van der Waals surface area (Å²) in [6, 6.07) is 14.1. The van der Waals surface area contributed by atoms with Crippen molar-refractivity contribution < 1.29 is 14.6 Å². The summed E-state index contributed by atoms with van der Waals surface area (Å²) in [7, 11) is 1.40. The number of anilines is 1. The predicted molar refractivity (Wildman–Crippen MR) is 98.1 cm³/mol. The molecular formula is C19H21ClN2O3. The highest BCUT2D eigenvalue weighted by atomic mass is 35.5. The number of rotatable bonds is 4. The molecule has 1 unspecified atom stereocenters. The molecule has 6 heteroatoms. The molecule has 132 valence electrons. The van der Waals surface area contributed by atoms with Crippen molar-refractivity contribution in [2.75, 3.05) is 38.2 Å². The van der Waals surface area contributed by atoms with Gasteiger partial charge >= 0.3 is 5.97 Å². The molecule has 1 fully saturated rings. The van der Waals surface area contributed by atoms with Gasteiger partial charge in [0.25, 0.3) is 0 Å². The minimum atomic E-state index is -0.499. The van der Waals surface area contributed by atoms with Crippen LogP contribution in [-0.2, 0) is 9.53 Å². The molecule has 0 saturated carbocycles. The molecule has 5 nitrogen and oxygen atoms in total. The average molecular weight is 361 g/mol. The molecule has 2 aromatic carbocycles. The Labute approximate surface area is 152 Å². The molecule has 0 bridgehead atoms. The Kier molecular flexibility index (Phi) is 5.46.